The Labute approximate surface area is 131 Å². The molecule has 2 aromatic heterocycles. The Morgan fingerprint density at radius 2 is 2.22 bits per heavy atom. The minimum Gasteiger partial charge on any atom is -0.467 e. The number of nitrogens with one attached hydrogen (secondary N) is 1. The second-order valence-corrected chi connectivity index (χ2v) is 5.23. The van der Waals surface area contributed by atoms with Crippen molar-refractivity contribution in [2.24, 2.45) is 0 Å². The van der Waals surface area contributed by atoms with E-state index in [1.807, 2.05) is 18.2 Å². The molecule has 3 heterocycles. The molecule has 1 aliphatic rings. The van der Waals surface area contributed by atoms with Gasteiger partial charge in [-0.2, -0.15) is 9.97 Å². The van der Waals surface area contributed by atoms with Gasteiger partial charge in [-0.25, -0.2) is 4.98 Å². The van der Waals surface area contributed by atoms with Crippen LogP contribution in [-0.2, 0) is 6.42 Å². The summed E-state index contributed by atoms with van der Waals surface area (Å²) in [6, 6.07) is 5.82. The Kier molecular flexibility index (Phi) is 2.90. The molecule has 116 valence electrons. The van der Waals surface area contributed by atoms with Crippen molar-refractivity contribution in [1.82, 2.24) is 19.9 Å². The van der Waals surface area contributed by atoms with E-state index in [0.29, 0.717) is 24.2 Å². The number of rotatable bonds is 2. The normalized spacial score (nSPS) is 14.1. The van der Waals surface area contributed by atoms with E-state index in [1.54, 1.807) is 11.2 Å². The first-order chi connectivity index (χ1) is 11.2. The van der Waals surface area contributed by atoms with E-state index in [2.05, 4.69) is 19.9 Å². The number of benzene rings is 1. The minimum absolute atomic E-state index is 0.143. The number of hydrogen-bond acceptors (Lipinski definition) is 6. The fourth-order valence-electron chi connectivity index (χ4n) is 2.80. The van der Waals surface area contributed by atoms with Crippen molar-refractivity contribution in [3.8, 4) is 6.01 Å². The Bertz CT molecular complexity index is 919. The number of nitrogens with zero attached hydrogens (tertiary/aromatic N) is 4. The second kappa shape index (κ2) is 4.94. The molecule has 8 nitrogen and oxygen atoms in total. The van der Waals surface area contributed by atoms with E-state index in [-0.39, 0.29) is 17.7 Å². The molecule has 0 atom stereocenters. The number of ether oxygens (including phenoxy) is 1. The lowest BCUT2D eigenvalue weighted by Gasteiger charge is -2.28. The molecule has 0 radical (unpaired) electrons. The molecule has 0 fully saturated rings. The number of hydrogen-bond donors (Lipinski definition) is 2. The highest BCUT2D eigenvalue weighted by Crippen LogP contribution is 2.28. The Morgan fingerprint density at radius 3 is 3.04 bits per heavy atom. The summed E-state index contributed by atoms with van der Waals surface area (Å²) in [5, 5.41) is 0. The topological polar surface area (TPSA) is 110 Å². The lowest BCUT2D eigenvalue weighted by atomic mass is 10.0. The number of nitrogen functional groups attached to an aromatic ring is 1. The number of amides is 1. The largest absolute Gasteiger partial charge is 0.467 e. The summed E-state index contributed by atoms with van der Waals surface area (Å²) < 4.78 is 5.01. The number of methoxy groups -OCH3 is 1. The first kappa shape index (κ1) is 13.5. The summed E-state index contributed by atoms with van der Waals surface area (Å²) in [4.78, 5) is 30.0. The molecule has 0 aliphatic carbocycles. The molecule has 1 amide bonds. The van der Waals surface area contributed by atoms with Crippen LogP contribution in [0.1, 0.15) is 16.1 Å². The molecule has 0 bridgehead atoms. The zero-order valence-electron chi connectivity index (χ0n) is 12.4. The van der Waals surface area contributed by atoms with Crippen molar-refractivity contribution < 1.29 is 9.53 Å². The van der Waals surface area contributed by atoms with Crippen LogP contribution >= 0.6 is 0 Å². The molecule has 0 unspecified atom stereocenters. The number of carbonyl (C=O) groups is 1. The van der Waals surface area contributed by atoms with Crippen molar-refractivity contribution in [2.75, 3.05) is 24.3 Å². The number of carbonyl (C=O) groups excluding carboxylic acids is 1. The van der Waals surface area contributed by atoms with E-state index in [9.17, 15) is 4.79 Å². The van der Waals surface area contributed by atoms with Crippen molar-refractivity contribution >= 4 is 28.4 Å². The van der Waals surface area contributed by atoms with Gasteiger partial charge in [-0.1, -0.05) is 0 Å². The number of aromatic amines is 1. The van der Waals surface area contributed by atoms with Crippen LogP contribution in [0, 0.1) is 0 Å². The van der Waals surface area contributed by atoms with Gasteiger partial charge in [0.25, 0.3) is 5.91 Å². The second-order valence-electron chi connectivity index (χ2n) is 5.23. The Balaban J connectivity index is 1.77. The SMILES string of the molecule is COc1nc(N)c2c(n1)CCN(c1ccc3nc[nH]c3c1)C2=O. The maximum Gasteiger partial charge on any atom is 0.318 e. The van der Waals surface area contributed by atoms with Crippen LogP contribution in [0.3, 0.4) is 0 Å². The molecule has 0 spiro atoms. The lowest BCUT2D eigenvalue weighted by Crippen LogP contribution is -2.39. The van der Waals surface area contributed by atoms with Gasteiger partial charge in [0, 0.05) is 18.7 Å². The van der Waals surface area contributed by atoms with Gasteiger partial charge in [0.05, 0.1) is 30.2 Å². The highest BCUT2D eigenvalue weighted by atomic mass is 16.5. The van der Waals surface area contributed by atoms with Crippen molar-refractivity contribution in [3.05, 3.63) is 35.8 Å². The highest BCUT2D eigenvalue weighted by Gasteiger charge is 2.30. The summed E-state index contributed by atoms with van der Waals surface area (Å²) >= 11 is 0. The number of fused-ring (bicyclic) bond motifs is 2. The predicted molar refractivity (Wildman–Crippen MR) is 84.5 cm³/mol. The lowest BCUT2D eigenvalue weighted by molar-refractivity contribution is 0.0980. The maximum absolute atomic E-state index is 12.8. The summed E-state index contributed by atoms with van der Waals surface area (Å²) in [6.07, 6.45) is 2.21. The molecule has 4 rings (SSSR count). The van der Waals surface area contributed by atoms with Crippen molar-refractivity contribution in [3.63, 3.8) is 0 Å². The zero-order chi connectivity index (χ0) is 16.0. The van der Waals surface area contributed by atoms with Crippen LogP contribution in [0.2, 0.25) is 0 Å². The number of imidazole rings is 1. The highest BCUT2D eigenvalue weighted by molar-refractivity contribution is 6.11. The molecule has 1 aromatic carbocycles. The Hall–Kier alpha value is -3.16. The van der Waals surface area contributed by atoms with Gasteiger partial charge in [-0.05, 0) is 18.2 Å². The van der Waals surface area contributed by atoms with Gasteiger partial charge in [0.2, 0.25) is 0 Å². The summed E-state index contributed by atoms with van der Waals surface area (Å²) in [5.74, 6) is -0.0607. The molecule has 3 N–H and O–H groups in total. The molecule has 23 heavy (non-hydrogen) atoms. The number of nitrogens with two attached hydrogens (primary N) is 1. The van der Waals surface area contributed by atoms with Gasteiger partial charge in [-0.15, -0.1) is 0 Å². The van der Waals surface area contributed by atoms with Crippen molar-refractivity contribution in [1.29, 1.82) is 0 Å². The minimum atomic E-state index is -0.203. The average molecular weight is 310 g/mol. The van der Waals surface area contributed by atoms with E-state index in [1.165, 1.54) is 7.11 Å². The fourth-order valence-corrected chi connectivity index (χ4v) is 2.80. The van der Waals surface area contributed by atoms with E-state index in [4.69, 9.17) is 10.5 Å². The summed E-state index contributed by atoms with van der Waals surface area (Å²) in [7, 11) is 1.47. The van der Waals surface area contributed by atoms with Gasteiger partial charge < -0.3 is 20.4 Å². The smallest absolute Gasteiger partial charge is 0.318 e. The van der Waals surface area contributed by atoms with Crippen LogP contribution in [0.15, 0.2) is 24.5 Å². The average Bonchev–Trinajstić information content (AvgIpc) is 3.02. The predicted octanol–water partition coefficient (Wildman–Crippen LogP) is 1.15. The third-order valence-corrected chi connectivity index (χ3v) is 3.92. The first-order valence-corrected chi connectivity index (χ1v) is 7.13. The standard InChI is InChI=1S/C15H14N6O2/c1-23-15-19-10-4-5-21(14(22)12(10)13(16)20-15)8-2-3-9-11(6-8)18-7-17-9/h2-3,6-7H,4-5H2,1H3,(H,17,18)(H2,16,19,20). The van der Waals surface area contributed by atoms with E-state index in [0.717, 1.165) is 16.7 Å². The molecule has 1 aliphatic heterocycles. The molecule has 3 aromatic rings. The number of anilines is 2. The summed E-state index contributed by atoms with van der Waals surface area (Å²) in [6.45, 7) is 0.519. The quantitative estimate of drug-likeness (QED) is 0.734. The van der Waals surface area contributed by atoms with Crippen LogP contribution in [0.25, 0.3) is 11.0 Å². The van der Waals surface area contributed by atoms with Gasteiger partial charge in [0.15, 0.2) is 0 Å². The monoisotopic (exact) mass is 310 g/mol. The van der Waals surface area contributed by atoms with Gasteiger partial charge >= 0.3 is 6.01 Å². The molecule has 8 heteroatoms. The Morgan fingerprint density at radius 1 is 1.35 bits per heavy atom. The zero-order valence-corrected chi connectivity index (χ0v) is 12.4. The van der Waals surface area contributed by atoms with Gasteiger partial charge in [0.1, 0.15) is 11.4 Å². The maximum atomic E-state index is 12.8. The van der Waals surface area contributed by atoms with Crippen LogP contribution in [0.5, 0.6) is 6.01 Å². The van der Waals surface area contributed by atoms with E-state index < -0.39 is 0 Å². The molecule has 0 saturated carbocycles. The third kappa shape index (κ3) is 2.07. The molecule has 0 saturated heterocycles. The first-order valence-electron chi connectivity index (χ1n) is 7.13. The molecular weight excluding hydrogens is 296 g/mol. The number of H-pyrrole nitrogens is 1. The fraction of sp³-hybridized carbons (Fsp3) is 0.200. The van der Waals surface area contributed by atoms with Crippen LogP contribution < -0.4 is 15.4 Å². The molecular formula is C15H14N6O2. The van der Waals surface area contributed by atoms with Crippen LogP contribution in [-0.4, -0.2) is 39.5 Å². The summed E-state index contributed by atoms with van der Waals surface area (Å²) in [5.41, 5.74) is 9.41. The van der Waals surface area contributed by atoms with Gasteiger partial charge in [-0.3, -0.25) is 4.79 Å². The number of aromatic nitrogens is 4. The van der Waals surface area contributed by atoms with Crippen LogP contribution in [0.4, 0.5) is 11.5 Å². The van der Waals surface area contributed by atoms with E-state index >= 15 is 0 Å². The third-order valence-electron chi connectivity index (χ3n) is 3.92. The van der Waals surface area contributed by atoms with Crippen molar-refractivity contribution in [2.45, 2.75) is 6.42 Å².